The summed E-state index contributed by atoms with van der Waals surface area (Å²) >= 11 is 0. The molecule has 0 radical (unpaired) electrons. The molecular weight excluding hydrogens is 373 g/mol. The highest BCUT2D eigenvalue weighted by Gasteiger charge is 2.29. The summed E-state index contributed by atoms with van der Waals surface area (Å²) in [6.07, 6.45) is -3.29. The molecule has 0 aromatic heterocycles. The van der Waals surface area contributed by atoms with Gasteiger partial charge in [0.25, 0.3) is 5.91 Å². The van der Waals surface area contributed by atoms with E-state index in [-0.39, 0.29) is 18.0 Å². The van der Waals surface area contributed by atoms with Crippen molar-refractivity contribution in [2.75, 3.05) is 7.11 Å². The zero-order valence-corrected chi connectivity index (χ0v) is 15.0. The van der Waals surface area contributed by atoms with Crippen molar-refractivity contribution in [2.24, 2.45) is 5.73 Å². The van der Waals surface area contributed by atoms with E-state index in [0.717, 1.165) is 18.4 Å². The number of ether oxygens (including phenoxy) is 2. The Kier molecular flexibility index (Phi) is 6.70. The van der Waals surface area contributed by atoms with Gasteiger partial charge in [-0.2, -0.15) is 13.2 Å². The number of hydrogen-bond acceptors (Lipinski definition) is 4. The molecule has 0 unspecified atom stereocenters. The van der Waals surface area contributed by atoms with Crippen molar-refractivity contribution >= 4 is 11.7 Å². The number of carbonyl (C=O) groups is 1. The number of nitrogens with two attached hydrogens (primary N) is 1. The molecule has 3 N–H and O–H groups in total. The molecule has 2 rings (SSSR count). The Labute approximate surface area is 160 Å². The second-order valence-corrected chi connectivity index (χ2v) is 5.60. The number of methoxy groups -OCH3 is 1. The summed E-state index contributed by atoms with van der Waals surface area (Å²) < 4.78 is 48.4. The molecule has 0 bridgehead atoms. The van der Waals surface area contributed by atoms with Crippen LogP contribution in [0.25, 0.3) is 5.76 Å². The predicted octanol–water partition coefficient (Wildman–Crippen LogP) is 3.82. The van der Waals surface area contributed by atoms with Crippen molar-refractivity contribution in [3.8, 4) is 5.75 Å². The van der Waals surface area contributed by atoms with Crippen molar-refractivity contribution in [1.82, 2.24) is 5.32 Å². The lowest BCUT2D eigenvalue weighted by molar-refractivity contribution is -0.137. The normalized spacial score (nSPS) is 12.0. The summed E-state index contributed by atoms with van der Waals surface area (Å²) in [7, 11) is 1.46. The highest BCUT2D eigenvalue weighted by molar-refractivity contribution is 5.99. The number of amides is 1. The minimum Gasteiger partial charge on any atom is -0.496 e. The van der Waals surface area contributed by atoms with Crippen LogP contribution in [0.1, 0.15) is 16.7 Å². The first kappa shape index (κ1) is 20.9. The summed E-state index contributed by atoms with van der Waals surface area (Å²) in [4.78, 5) is 12.4. The van der Waals surface area contributed by atoms with Crippen LogP contribution in [-0.2, 0) is 22.3 Å². The lowest BCUT2D eigenvalue weighted by Crippen LogP contribution is -2.29. The van der Waals surface area contributed by atoms with Crippen LogP contribution in [0.4, 0.5) is 13.2 Å². The van der Waals surface area contributed by atoms with Gasteiger partial charge in [-0.25, -0.2) is 0 Å². The summed E-state index contributed by atoms with van der Waals surface area (Å²) in [5.41, 5.74) is 5.88. The van der Waals surface area contributed by atoms with Crippen LogP contribution in [-0.4, -0.2) is 13.0 Å². The quantitative estimate of drug-likeness (QED) is 0.555. The maximum absolute atomic E-state index is 12.6. The molecule has 5 nitrogen and oxygen atoms in total. The van der Waals surface area contributed by atoms with E-state index in [1.807, 2.05) is 0 Å². The standard InChI is InChI=1S/C20H19F3N2O3/c1-3-28-18(15-6-4-5-7-16(15)27-2)17(24)19(26)25-12-13-8-10-14(11-9-13)20(21,22)23/h3-11H,1,12,24H2,2H3,(H,25,26)/b18-17-. The van der Waals surface area contributed by atoms with E-state index in [9.17, 15) is 18.0 Å². The lowest BCUT2D eigenvalue weighted by atomic mass is 10.1. The Morgan fingerprint density at radius 1 is 1.18 bits per heavy atom. The van der Waals surface area contributed by atoms with Crippen molar-refractivity contribution in [3.05, 3.63) is 83.8 Å². The summed E-state index contributed by atoms with van der Waals surface area (Å²) in [6.45, 7) is 3.46. The predicted molar refractivity (Wildman–Crippen MR) is 98.7 cm³/mol. The molecule has 148 valence electrons. The first-order chi connectivity index (χ1) is 13.3. The van der Waals surface area contributed by atoms with E-state index >= 15 is 0 Å². The van der Waals surface area contributed by atoms with Gasteiger partial charge < -0.3 is 20.5 Å². The first-order valence-corrected chi connectivity index (χ1v) is 8.13. The third kappa shape index (κ3) is 5.06. The van der Waals surface area contributed by atoms with E-state index < -0.39 is 17.6 Å². The van der Waals surface area contributed by atoms with E-state index in [1.165, 1.54) is 19.2 Å². The summed E-state index contributed by atoms with van der Waals surface area (Å²) in [5, 5.41) is 2.54. The maximum atomic E-state index is 12.6. The fourth-order valence-electron chi connectivity index (χ4n) is 2.38. The van der Waals surface area contributed by atoms with Crippen molar-refractivity contribution in [3.63, 3.8) is 0 Å². The minimum absolute atomic E-state index is 0.00896. The Bertz CT molecular complexity index is 875. The Morgan fingerprint density at radius 2 is 1.82 bits per heavy atom. The second kappa shape index (κ2) is 8.98. The fraction of sp³-hybridized carbons (Fsp3) is 0.150. The van der Waals surface area contributed by atoms with Gasteiger partial charge in [0.15, 0.2) is 5.76 Å². The maximum Gasteiger partial charge on any atom is 0.416 e. The topological polar surface area (TPSA) is 73.6 Å². The molecule has 2 aromatic carbocycles. The molecular formula is C20H19F3N2O3. The van der Waals surface area contributed by atoms with Crippen LogP contribution < -0.4 is 15.8 Å². The number of benzene rings is 2. The van der Waals surface area contributed by atoms with Gasteiger partial charge in [0, 0.05) is 6.54 Å². The van der Waals surface area contributed by atoms with Crippen LogP contribution in [0, 0.1) is 0 Å². The molecule has 28 heavy (non-hydrogen) atoms. The van der Waals surface area contributed by atoms with Crippen molar-refractivity contribution < 1.29 is 27.4 Å². The van der Waals surface area contributed by atoms with E-state index in [4.69, 9.17) is 15.2 Å². The third-order valence-corrected chi connectivity index (χ3v) is 3.78. The largest absolute Gasteiger partial charge is 0.496 e. The Balaban J connectivity index is 2.19. The van der Waals surface area contributed by atoms with Crippen LogP contribution in [0.3, 0.4) is 0 Å². The molecule has 2 aromatic rings. The number of para-hydroxylation sites is 1. The number of carbonyl (C=O) groups excluding carboxylic acids is 1. The van der Waals surface area contributed by atoms with Gasteiger partial charge in [-0.3, -0.25) is 4.79 Å². The number of hydrogen-bond donors (Lipinski definition) is 2. The van der Waals surface area contributed by atoms with Gasteiger partial charge in [0.05, 0.1) is 24.5 Å². The van der Waals surface area contributed by atoms with Crippen LogP contribution in [0.2, 0.25) is 0 Å². The third-order valence-electron chi connectivity index (χ3n) is 3.78. The SMILES string of the molecule is C=CO/C(=C(\N)C(=O)NCc1ccc(C(F)(F)F)cc1)c1ccccc1OC. The van der Waals surface area contributed by atoms with E-state index in [0.29, 0.717) is 16.9 Å². The van der Waals surface area contributed by atoms with Gasteiger partial charge in [-0.05, 0) is 29.8 Å². The van der Waals surface area contributed by atoms with Gasteiger partial charge in [0.2, 0.25) is 0 Å². The van der Waals surface area contributed by atoms with Crippen LogP contribution in [0.15, 0.2) is 67.1 Å². The van der Waals surface area contributed by atoms with E-state index in [2.05, 4.69) is 11.9 Å². The van der Waals surface area contributed by atoms with Gasteiger partial charge >= 0.3 is 6.18 Å². The molecule has 0 saturated carbocycles. The molecule has 0 saturated heterocycles. The zero-order chi connectivity index (χ0) is 20.7. The van der Waals surface area contributed by atoms with Crippen molar-refractivity contribution in [1.29, 1.82) is 0 Å². The number of nitrogens with one attached hydrogen (secondary N) is 1. The number of rotatable bonds is 7. The molecule has 0 aliphatic rings. The fourth-order valence-corrected chi connectivity index (χ4v) is 2.38. The van der Waals surface area contributed by atoms with E-state index in [1.54, 1.807) is 24.3 Å². The molecule has 0 fully saturated rings. The molecule has 1 amide bonds. The van der Waals surface area contributed by atoms with Gasteiger partial charge in [-0.15, -0.1) is 0 Å². The van der Waals surface area contributed by atoms with Crippen LogP contribution in [0.5, 0.6) is 5.75 Å². The summed E-state index contributed by atoms with van der Waals surface area (Å²) in [5.74, 6) is -0.155. The minimum atomic E-state index is -4.42. The second-order valence-electron chi connectivity index (χ2n) is 5.60. The van der Waals surface area contributed by atoms with Gasteiger partial charge in [0.1, 0.15) is 11.4 Å². The lowest BCUT2D eigenvalue weighted by Gasteiger charge is -2.14. The molecule has 8 heteroatoms. The smallest absolute Gasteiger partial charge is 0.416 e. The highest BCUT2D eigenvalue weighted by atomic mass is 19.4. The highest BCUT2D eigenvalue weighted by Crippen LogP contribution is 2.29. The molecule has 0 heterocycles. The monoisotopic (exact) mass is 392 g/mol. The Hall–Kier alpha value is -3.42. The van der Waals surface area contributed by atoms with Gasteiger partial charge in [-0.1, -0.05) is 30.8 Å². The molecule has 0 spiro atoms. The average molecular weight is 392 g/mol. The van der Waals surface area contributed by atoms with Crippen LogP contribution >= 0.6 is 0 Å². The Morgan fingerprint density at radius 3 is 2.39 bits per heavy atom. The number of alkyl halides is 3. The zero-order valence-electron chi connectivity index (χ0n) is 15.0. The van der Waals surface area contributed by atoms with Crippen molar-refractivity contribution in [2.45, 2.75) is 12.7 Å². The molecule has 0 aliphatic heterocycles. The number of halogens is 3. The molecule has 0 aliphatic carbocycles. The summed E-state index contributed by atoms with van der Waals surface area (Å²) in [6, 6.07) is 11.3. The molecule has 0 atom stereocenters. The first-order valence-electron chi connectivity index (χ1n) is 8.13. The average Bonchev–Trinajstić information content (AvgIpc) is 2.69.